The normalized spacial score (nSPS) is 24.5. The van der Waals surface area contributed by atoms with E-state index in [0.29, 0.717) is 17.0 Å². The lowest BCUT2D eigenvalue weighted by molar-refractivity contribution is -0.0117. The molecule has 2 atom stereocenters. The summed E-state index contributed by atoms with van der Waals surface area (Å²) in [6.07, 6.45) is -0.722. The molecule has 1 heterocycles. The fourth-order valence-electron chi connectivity index (χ4n) is 3.10. The van der Waals surface area contributed by atoms with Gasteiger partial charge in [-0.2, -0.15) is 0 Å². The van der Waals surface area contributed by atoms with Crippen molar-refractivity contribution < 1.29 is 10.2 Å². The molecule has 0 N–H and O–H groups in total. The molecule has 0 aromatic heterocycles. The van der Waals surface area contributed by atoms with Gasteiger partial charge in [-0.1, -0.05) is 54.1 Å². The minimum Gasteiger partial charge on any atom is -0.366 e. The topological polar surface area (TPSA) is 12.5 Å². The van der Waals surface area contributed by atoms with Crippen LogP contribution in [0.15, 0.2) is 54.6 Å². The molecular formula is C21H26ClNO. The maximum absolute atomic E-state index is 8.60. The molecule has 1 saturated heterocycles. The van der Waals surface area contributed by atoms with E-state index >= 15 is 0 Å². The number of likely N-dealkylation sites (tertiary alicyclic amines) is 1. The van der Waals surface area contributed by atoms with E-state index in [1.54, 1.807) is 31.2 Å². The van der Waals surface area contributed by atoms with E-state index in [1.165, 1.54) is 0 Å². The quantitative estimate of drug-likeness (QED) is 0.720. The van der Waals surface area contributed by atoms with E-state index < -0.39 is 24.6 Å². The van der Waals surface area contributed by atoms with E-state index in [4.69, 9.17) is 21.8 Å². The zero-order valence-corrected chi connectivity index (χ0v) is 14.9. The first-order valence-corrected chi connectivity index (χ1v) is 8.68. The van der Waals surface area contributed by atoms with E-state index in [-0.39, 0.29) is 0 Å². The van der Waals surface area contributed by atoms with Gasteiger partial charge in [0.15, 0.2) is 0 Å². The van der Waals surface area contributed by atoms with Crippen LogP contribution in [0.25, 0.3) is 0 Å². The first-order valence-electron chi connectivity index (χ1n) is 10.3. The summed E-state index contributed by atoms with van der Waals surface area (Å²) in [6, 6.07) is 15.9. The van der Waals surface area contributed by atoms with E-state index in [0.717, 1.165) is 18.5 Å². The second-order valence-corrected chi connectivity index (χ2v) is 6.83. The number of hydrogen-bond acceptors (Lipinski definition) is 2. The second-order valence-electron chi connectivity index (χ2n) is 6.39. The fraction of sp³-hybridized carbons (Fsp3) is 0.429. The number of halogens is 1. The molecule has 0 aliphatic carbocycles. The molecule has 0 amide bonds. The van der Waals surface area contributed by atoms with Crippen molar-refractivity contribution in [2.75, 3.05) is 20.2 Å². The largest absolute Gasteiger partial charge is 0.366 e. The molecule has 1 aliphatic heterocycles. The molecule has 3 heteroatoms. The summed E-state index contributed by atoms with van der Waals surface area (Å²) < 4.78 is 40.4. The Labute approximate surface area is 156 Å². The fourth-order valence-corrected chi connectivity index (χ4v) is 3.23. The van der Waals surface area contributed by atoms with Gasteiger partial charge in [0.25, 0.3) is 0 Å². The van der Waals surface area contributed by atoms with Crippen LogP contribution in [0.3, 0.4) is 0 Å². The van der Waals surface area contributed by atoms with Crippen LogP contribution in [-0.4, -0.2) is 31.1 Å². The van der Waals surface area contributed by atoms with Gasteiger partial charge in [0.05, 0.1) is 2.74 Å². The monoisotopic (exact) mass is 347 g/mol. The Kier molecular flexibility index (Phi) is 4.14. The number of ether oxygens (including phenoxy) is 1. The Hall–Kier alpha value is -1.35. The van der Waals surface area contributed by atoms with Crippen molar-refractivity contribution in [2.24, 2.45) is 0 Å². The van der Waals surface area contributed by atoms with Gasteiger partial charge >= 0.3 is 0 Å². The first-order chi connectivity index (χ1) is 13.1. The number of nitrogens with zero attached hydrogens (tertiary/aromatic N) is 1. The van der Waals surface area contributed by atoms with Crippen molar-refractivity contribution >= 4 is 11.6 Å². The number of benzene rings is 2. The lowest BCUT2D eigenvalue weighted by Gasteiger charge is -2.32. The molecule has 1 fully saturated rings. The summed E-state index contributed by atoms with van der Waals surface area (Å²) >= 11 is 6.04. The Balaban J connectivity index is 2.02. The molecule has 0 saturated carbocycles. The molecule has 2 nitrogen and oxygen atoms in total. The highest BCUT2D eigenvalue weighted by Gasteiger charge is 2.30. The molecule has 3 rings (SSSR count). The number of rotatable bonds is 6. The van der Waals surface area contributed by atoms with Gasteiger partial charge in [-0.15, -0.1) is 0 Å². The van der Waals surface area contributed by atoms with Crippen LogP contribution < -0.4 is 0 Å². The molecule has 1 aliphatic rings. The average molecular weight is 348 g/mol. The van der Waals surface area contributed by atoms with Crippen LogP contribution in [0.4, 0.5) is 0 Å². The van der Waals surface area contributed by atoms with Gasteiger partial charge in [-0.3, -0.25) is 0 Å². The zero-order chi connectivity index (χ0) is 20.6. The zero-order valence-electron chi connectivity index (χ0n) is 18.1. The molecule has 2 aromatic rings. The van der Waals surface area contributed by atoms with Crippen LogP contribution in [0.1, 0.15) is 42.7 Å². The van der Waals surface area contributed by atoms with Crippen LogP contribution >= 0.6 is 11.6 Å². The molecule has 0 spiro atoms. The maximum Gasteiger partial charge on any atom is 0.115 e. The van der Waals surface area contributed by atoms with Crippen LogP contribution in [0.2, 0.25) is 5.02 Å². The van der Waals surface area contributed by atoms with Gasteiger partial charge in [0, 0.05) is 20.4 Å². The summed E-state index contributed by atoms with van der Waals surface area (Å²) in [5, 5.41) is 0.574. The Morgan fingerprint density at radius 2 is 1.83 bits per heavy atom. The third-order valence-electron chi connectivity index (χ3n) is 4.72. The van der Waals surface area contributed by atoms with Crippen molar-refractivity contribution in [3.05, 3.63) is 70.7 Å². The lowest BCUT2D eigenvalue weighted by Crippen LogP contribution is -2.31. The smallest absolute Gasteiger partial charge is 0.115 e. The third kappa shape index (κ3) is 3.83. The van der Waals surface area contributed by atoms with Crippen LogP contribution in [0, 0.1) is 0 Å². The summed E-state index contributed by atoms with van der Waals surface area (Å²) in [5.41, 5.74) is 0.277. The van der Waals surface area contributed by atoms with Crippen molar-refractivity contribution in [2.45, 2.75) is 37.8 Å². The Bertz CT molecular complexity index is 800. The minimum atomic E-state index is -2.51. The van der Waals surface area contributed by atoms with Gasteiger partial charge in [0.2, 0.25) is 0 Å². The van der Waals surface area contributed by atoms with Crippen molar-refractivity contribution in [3.63, 3.8) is 0 Å². The van der Waals surface area contributed by atoms with E-state index in [1.807, 2.05) is 42.3 Å². The Morgan fingerprint density at radius 1 is 1.17 bits per heavy atom. The predicted octanol–water partition coefficient (Wildman–Crippen LogP) is 5.10. The predicted molar refractivity (Wildman–Crippen MR) is 101 cm³/mol. The van der Waals surface area contributed by atoms with Gasteiger partial charge in [-0.25, -0.2) is 0 Å². The highest BCUT2D eigenvalue weighted by atomic mass is 35.5. The van der Waals surface area contributed by atoms with Crippen molar-refractivity contribution in [1.82, 2.24) is 4.90 Å². The molecule has 0 unspecified atom stereocenters. The standard InChI is InChI=1S/C21H26ClNO/c1-21(17-7-4-3-5-8-17,18-10-12-19(22)13-11-18)24-16-14-20-9-6-15-23(20)2/h3-5,7-8,10-13,20H,6,9,14-16H2,1-2H3/t20-,21-/m1/s1/i14D2,16D2. The molecular weight excluding hydrogens is 318 g/mol. The average Bonchev–Trinajstić information content (AvgIpc) is 3.09. The van der Waals surface area contributed by atoms with Crippen LogP contribution in [0.5, 0.6) is 0 Å². The molecule has 24 heavy (non-hydrogen) atoms. The summed E-state index contributed by atoms with van der Waals surface area (Å²) in [5.74, 6) is 0. The van der Waals surface area contributed by atoms with Crippen molar-refractivity contribution in [3.8, 4) is 0 Å². The maximum atomic E-state index is 8.60. The molecule has 128 valence electrons. The van der Waals surface area contributed by atoms with Crippen LogP contribution in [-0.2, 0) is 10.3 Å². The minimum absolute atomic E-state index is 0.534. The SMILES string of the molecule is [2H]C([2H])(O[C@](C)(c1ccccc1)c1ccc(Cl)cc1)C([2H])([2H])[C@H]1CCCN1C. The van der Waals surface area contributed by atoms with Crippen molar-refractivity contribution in [1.29, 1.82) is 0 Å². The summed E-state index contributed by atoms with van der Waals surface area (Å²) in [6.45, 7) is 0.0196. The number of hydrogen-bond donors (Lipinski definition) is 0. The van der Waals surface area contributed by atoms with Gasteiger partial charge < -0.3 is 9.64 Å². The van der Waals surface area contributed by atoms with E-state index in [9.17, 15) is 0 Å². The summed E-state index contributed by atoms with van der Waals surface area (Å²) in [4.78, 5) is 1.88. The highest BCUT2D eigenvalue weighted by molar-refractivity contribution is 6.30. The molecule has 0 bridgehead atoms. The third-order valence-corrected chi connectivity index (χ3v) is 4.97. The first kappa shape index (κ1) is 12.9. The van der Waals surface area contributed by atoms with Gasteiger partial charge in [-0.05, 0) is 63.0 Å². The Morgan fingerprint density at radius 3 is 2.46 bits per heavy atom. The summed E-state index contributed by atoms with van der Waals surface area (Å²) in [7, 11) is 1.83. The second kappa shape index (κ2) is 7.69. The van der Waals surface area contributed by atoms with Gasteiger partial charge in [0.1, 0.15) is 5.60 Å². The lowest BCUT2D eigenvalue weighted by atomic mass is 9.88. The molecule has 2 aromatic carbocycles. The molecule has 0 radical (unpaired) electrons. The van der Waals surface area contributed by atoms with E-state index in [2.05, 4.69) is 0 Å². The highest BCUT2D eigenvalue weighted by Crippen LogP contribution is 2.34.